The molecule has 2 amide bonds. The van der Waals surface area contributed by atoms with Crippen LogP contribution in [0.4, 0.5) is 10.5 Å². The summed E-state index contributed by atoms with van der Waals surface area (Å²) in [7, 11) is 3.07. The molecular weight excluding hydrogens is 326 g/mol. The lowest BCUT2D eigenvalue weighted by atomic mass is 10.2. The van der Waals surface area contributed by atoms with Gasteiger partial charge >= 0.3 is 6.03 Å². The van der Waals surface area contributed by atoms with Crippen molar-refractivity contribution in [3.8, 4) is 23.0 Å². The maximum absolute atomic E-state index is 11.9. The Hall–Kier alpha value is -3.42. The van der Waals surface area contributed by atoms with E-state index in [0.29, 0.717) is 34.2 Å². The van der Waals surface area contributed by atoms with Crippen molar-refractivity contribution in [1.82, 2.24) is 5.43 Å². The number of nitrogens with zero attached hydrogens (tertiary/aromatic N) is 1. The summed E-state index contributed by atoms with van der Waals surface area (Å²) in [6.45, 7) is 0.165. The van der Waals surface area contributed by atoms with Gasteiger partial charge in [-0.05, 0) is 18.2 Å². The van der Waals surface area contributed by atoms with Gasteiger partial charge in [-0.2, -0.15) is 5.10 Å². The van der Waals surface area contributed by atoms with Crippen LogP contribution in [0.15, 0.2) is 41.5 Å². The molecule has 130 valence electrons. The number of nitrogens with one attached hydrogen (secondary N) is 2. The highest BCUT2D eigenvalue weighted by Gasteiger charge is 2.17. The minimum absolute atomic E-state index is 0.165. The number of amides is 2. The monoisotopic (exact) mass is 343 g/mol. The molecule has 0 aliphatic carbocycles. The topological polar surface area (TPSA) is 90.4 Å². The van der Waals surface area contributed by atoms with Gasteiger partial charge in [-0.3, -0.25) is 0 Å². The molecule has 0 atom stereocenters. The van der Waals surface area contributed by atoms with E-state index in [1.807, 2.05) is 6.07 Å². The van der Waals surface area contributed by atoms with Crippen LogP contribution in [0.5, 0.6) is 23.0 Å². The average Bonchev–Trinajstić information content (AvgIpc) is 3.08. The van der Waals surface area contributed by atoms with Crippen LogP contribution < -0.4 is 29.7 Å². The number of ether oxygens (including phenoxy) is 4. The Balaban J connectivity index is 1.66. The highest BCUT2D eigenvalue weighted by molar-refractivity contribution is 5.92. The van der Waals surface area contributed by atoms with Crippen molar-refractivity contribution in [2.45, 2.75) is 0 Å². The standard InChI is InChI=1S/C17H17N3O5/c1-22-13-6-4-3-5-12(13)19-17(21)20-18-9-11-7-15-16(25-10-24-15)8-14(11)23-2/h3-9H,10H2,1-2H3,(H2,19,20,21)/b18-9-. The molecule has 0 aromatic heterocycles. The molecule has 0 saturated carbocycles. The van der Waals surface area contributed by atoms with Crippen LogP contribution in [0.25, 0.3) is 0 Å². The summed E-state index contributed by atoms with van der Waals surface area (Å²) in [4.78, 5) is 11.9. The third-order valence-corrected chi connectivity index (χ3v) is 3.45. The van der Waals surface area contributed by atoms with Crippen molar-refractivity contribution in [2.75, 3.05) is 26.3 Å². The van der Waals surface area contributed by atoms with Crippen LogP contribution >= 0.6 is 0 Å². The number of hydrazone groups is 1. The SMILES string of the molecule is COc1cc2c(cc1/C=N\NC(=O)Nc1ccccc1OC)OCO2. The Morgan fingerprint density at radius 2 is 1.84 bits per heavy atom. The lowest BCUT2D eigenvalue weighted by Gasteiger charge is -2.09. The molecule has 8 nitrogen and oxygen atoms in total. The fraction of sp³-hybridized carbons (Fsp3) is 0.176. The molecular formula is C17H17N3O5. The van der Waals surface area contributed by atoms with Crippen molar-refractivity contribution in [1.29, 1.82) is 0 Å². The molecule has 0 saturated heterocycles. The van der Waals surface area contributed by atoms with Gasteiger partial charge < -0.3 is 24.3 Å². The number of benzene rings is 2. The zero-order valence-corrected chi connectivity index (χ0v) is 13.7. The zero-order valence-electron chi connectivity index (χ0n) is 13.7. The van der Waals surface area contributed by atoms with Gasteiger partial charge in [-0.1, -0.05) is 12.1 Å². The van der Waals surface area contributed by atoms with Crippen molar-refractivity contribution >= 4 is 17.9 Å². The van der Waals surface area contributed by atoms with E-state index in [4.69, 9.17) is 18.9 Å². The number of carbonyl (C=O) groups is 1. The Labute approximate surface area is 144 Å². The lowest BCUT2D eigenvalue weighted by molar-refractivity contribution is 0.174. The molecule has 2 aromatic rings. The number of urea groups is 1. The maximum Gasteiger partial charge on any atom is 0.339 e. The van der Waals surface area contributed by atoms with Gasteiger partial charge in [0.05, 0.1) is 26.1 Å². The van der Waals surface area contributed by atoms with Gasteiger partial charge in [-0.15, -0.1) is 0 Å². The molecule has 0 radical (unpaired) electrons. The first-order chi connectivity index (χ1) is 12.2. The molecule has 3 rings (SSSR count). The molecule has 25 heavy (non-hydrogen) atoms. The van der Waals surface area contributed by atoms with Gasteiger partial charge in [0.1, 0.15) is 11.5 Å². The Morgan fingerprint density at radius 3 is 2.60 bits per heavy atom. The van der Waals surface area contributed by atoms with Crippen molar-refractivity contribution in [3.63, 3.8) is 0 Å². The summed E-state index contributed by atoms with van der Waals surface area (Å²) in [5, 5.41) is 6.58. The van der Waals surface area contributed by atoms with Crippen LogP contribution in [0, 0.1) is 0 Å². The second-order valence-corrected chi connectivity index (χ2v) is 4.97. The Morgan fingerprint density at radius 1 is 1.12 bits per heavy atom. The maximum atomic E-state index is 11.9. The molecule has 0 bridgehead atoms. The minimum Gasteiger partial charge on any atom is -0.496 e. The van der Waals surface area contributed by atoms with Crippen molar-refractivity contribution in [3.05, 3.63) is 42.0 Å². The van der Waals surface area contributed by atoms with E-state index in [-0.39, 0.29) is 6.79 Å². The van der Waals surface area contributed by atoms with Crippen LogP contribution in [-0.4, -0.2) is 33.3 Å². The molecule has 0 spiro atoms. The summed E-state index contributed by atoms with van der Waals surface area (Å²) in [5.74, 6) is 2.32. The van der Waals surface area contributed by atoms with E-state index < -0.39 is 6.03 Å². The molecule has 2 aromatic carbocycles. The van der Waals surface area contributed by atoms with E-state index in [2.05, 4.69) is 15.8 Å². The molecule has 8 heteroatoms. The molecule has 1 aliphatic rings. The number of rotatable bonds is 5. The fourth-order valence-corrected chi connectivity index (χ4v) is 2.28. The number of methoxy groups -OCH3 is 2. The van der Waals surface area contributed by atoms with Gasteiger partial charge in [0.15, 0.2) is 11.5 Å². The van der Waals surface area contributed by atoms with Gasteiger partial charge in [0, 0.05) is 11.6 Å². The molecule has 0 fully saturated rings. The molecule has 1 aliphatic heterocycles. The number of hydrogen-bond acceptors (Lipinski definition) is 6. The highest BCUT2D eigenvalue weighted by atomic mass is 16.7. The first-order valence-electron chi connectivity index (χ1n) is 7.42. The first kappa shape index (κ1) is 16.4. The second-order valence-electron chi connectivity index (χ2n) is 4.97. The summed E-state index contributed by atoms with van der Waals surface area (Å²) in [5.41, 5.74) is 3.57. The van der Waals surface area contributed by atoms with Crippen molar-refractivity contribution < 1.29 is 23.7 Å². The van der Waals surface area contributed by atoms with E-state index in [1.165, 1.54) is 20.4 Å². The lowest BCUT2D eigenvalue weighted by Crippen LogP contribution is -2.24. The van der Waals surface area contributed by atoms with Crippen LogP contribution in [-0.2, 0) is 0 Å². The quantitative estimate of drug-likeness (QED) is 0.643. The van der Waals surface area contributed by atoms with Crippen LogP contribution in [0.3, 0.4) is 0 Å². The smallest absolute Gasteiger partial charge is 0.339 e. The van der Waals surface area contributed by atoms with E-state index >= 15 is 0 Å². The largest absolute Gasteiger partial charge is 0.496 e. The third kappa shape index (κ3) is 3.74. The fourth-order valence-electron chi connectivity index (χ4n) is 2.28. The second kappa shape index (κ2) is 7.43. The van der Waals surface area contributed by atoms with E-state index in [1.54, 1.807) is 30.3 Å². The van der Waals surface area contributed by atoms with E-state index in [9.17, 15) is 4.79 Å². The molecule has 1 heterocycles. The first-order valence-corrected chi connectivity index (χ1v) is 7.42. The van der Waals surface area contributed by atoms with E-state index in [0.717, 1.165) is 0 Å². The zero-order chi connectivity index (χ0) is 17.6. The molecule has 0 unspecified atom stereocenters. The number of carbonyl (C=O) groups excluding carboxylic acids is 1. The predicted molar refractivity (Wildman–Crippen MR) is 91.9 cm³/mol. The summed E-state index contributed by atoms with van der Waals surface area (Å²) < 4.78 is 21.1. The summed E-state index contributed by atoms with van der Waals surface area (Å²) in [6, 6.07) is 10.0. The third-order valence-electron chi connectivity index (χ3n) is 3.45. The van der Waals surface area contributed by atoms with Gasteiger partial charge in [-0.25, -0.2) is 10.2 Å². The highest BCUT2D eigenvalue weighted by Crippen LogP contribution is 2.37. The normalized spacial score (nSPS) is 12.1. The number of hydrogen-bond donors (Lipinski definition) is 2. The summed E-state index contributed by atoms with van der Waals surface area (Å²) >= 11 is 0. The summed E-state index contributed by atoms with van der Waals surface area (Å²) in [6.07, 6.45) is 1.46. The number of anilines is 1. The predicted octanol–water partition coefficient (Wildman–Crippen LogP) is 2.59. The Kier molecular flexibility index (Phi) is 4.89. The van der Waals surface area contributed by atoms with Crippen LogP contribution in [0.2, 0.25) is 0 Å². The number of para-hydroxylation sites is 2. The van der Waals surface area contributed by atoms with Crippen LogP contribution in [0.1, 0.15) is 5.56 Å². The molecule has 2 N–H and O–H groups in total. The van der Waals surface area contributed by atoms with Gasteiger partial charge in [0.25, 0.3) is 0 Å². The average molecular weight is 343 g/mol. The minimum atomic E-state index is -0.500. The Bertz CT molecular complexity index is 807. The van der Waals surface area contributed by atoms with Gasteiger partial charge in [0.2, 0.25) is 6.79 Å². The number of fused-ring (bicyclic) bond motifs is 1. The van der Waals surface area contributed by atoms with Crippen molar-refractivity contribution in [2.24, 2.45) is 5.10 Å².